The van der Waals surface area contributed by atoms with Crippen LogP contribution in [0.4, 0.5) is 0 Å². The molecule has 0 fully saturated rings. The summed E-state index contributed by atoms with van der Waals surface area (Å²) in [6.07, 6.45) is 0.844. The normalized spacial score (nSPS) is 11.0. The molecule has 0 heterocycles. The number of rotatable bonds is 6. The molecule has 0 saturated carbocycles. The van der Waals surface area contributed by atoms with Crippen LogP contribution < -0.4 is 14.8 Å². The third-order valence-electron chi connectivity index (χ3n) is 2.82. The van der Waals surface area contributed by atoms with E-state index in [1.807, 2.05) is 13.8 Å². The van der Waals surface area contributed by atoms with E-state index in [1.54, 1.807) is 25.3 Å². The van der Waals surface area contributed by atoms with E-state index in [1.165, 1.54) is 7.11 Å². The quantitative estimate of drug-likeness (QED) is 0.816. The van der Waals surface area contributed by atoms with Crippen LogP contribution in [0.15, 0.2) is 18.2 Å². The zero-order valence-electron chi connectivity index (χ0n) is 11.7. The molecule has 0 atom stereocenters. The summed E-state index contributed by atoms with van der Waals surface area (Å²) in [4.78, 5) is 12.3. The monoisotopic (exact) mass is 329 g/mol. The summed E-state index contributed by atoms with van der Waals surface area (Å²) in [5.74, 6) is 1.02. The second-order valence-electron chi connectivity index (χ2n) is 4.84. The van der Waals surface area contributed by atoms with E-state index in [0.29, 0.717) is 17.1 Å². The largest absolute Gasteiger partial charge is 0.497 e. The molecule has 0 radical (unpaired) electrons. The lowest BCUT2D eigenvalue weighted by molar-refractivity contribution is 0.0909. The second-order valence-corrected chi connectivity index (χ2v) is 5.64. The first-order valence-corrected chi connectivity index (χ1v) is 7.16. The Bertz CT molecular complexity index is 446. The number of carbonyl (C=O) groups is 1. The van der Waals surface area contributed by atoms with Crippen LogP contribution >= 0.6 is 15.9 Å². The average molecular weight is 330 g/mol. The Balaban J connectivity index is 2.93. The first-order chi connectivity index (χ1) is 8.93. The first kappa shape index (κ1) is 15.8. The maximum atomic E-state index is 12.3. The number of halogens is 1. The van der Waals surface area contributed by atoms with Crippen LogP contribution in [0.2, 0.25) is 0 Å². The number of benzene rings is 1. The van der Waals surface area contributed by atoms with Gasteiger partial charge in [-0.25, -0.2) is 0 Å². The van der Waals surface area contributed by atoms with Crippen LogP contribution in [-0.2, 0) is 0 Å². The summed E-state index contributed by atoms with van der Waals surface area (Å²) in [6, 6.07) is 5.15. The summed E-state index contributed by atoms with van der Waals surface area (Å²) in [6.45, 7) is 3.98. The van der Waals surface area contributed by atoms with E-state index in [2.05, 4.69) is 21.2 Å². The van der Waals surface area contributed by atoms with Gasteiger partial charge in [0, 0.05) is 16.9 Å². The van der Waals surface area contributed by atoms with Gasteiger partial charge in [0.25, 0.3) is 5.91 Å². The zero-order chi connectivity index (χ0) is 14.5. The lowest BCUT2D eigenvalue weighted by Gasteiger charge is -2.25. The summed E-state index contributed by atoms with van der Waals surface area (Å²) in [5, 5.41) is 3.83. The SMILES string of the molecule is COc1ccc(C(=O)NC(C)(C)CCBr)c(OC)c1. The van der Waals surface area contributed by atoms with E-state index in [-0.39, 0.29) is 11.4 Å². The van der Waals surface area contributed by atoms with Crippen LogP contribution in [0, 0.1) is 0 Å². The Morgan fingerprint density at radius 2 is 2.00 bits per heavy atom. The highest BCUT2D eigenvalue weighted by Gasteiger charge is 2.22. The number of hydrogen-bond donors (Lipinski definition) is 1. The highest BCUT2D eigenvalue weighted by molar-refractivity contribution is 9.09. The van der Waals surface area contributed by atoms with Crippen LogP contribution in [0.5, 0.6) is 11.5 Å². The Hall–Kier alpha value is -1.23. The van der Waals surface area contributed by atoms with Gasteiger partial charge in [-0.15, -0.1) is 0 Å². The van der Waals surface area contributed by atoms with Gasteiger partial charge in [0.1, 0.15) is 11.5 Å². The number of nitrogens with one attached hydrogen (secondary N) is 1. The Labute approximate surface area is 122 Å². The van der Waals surface area contributed by atoms with Gasteiger partial charge in [0.15, 0.2) is 0 Å². The third-order valence-corrected chi connectivity index (χ3v) is 3.22. The van der Waals surface area contributed by atoms with Gasteiger partial charge in [0.2, 0.25) is 0 Å². The molecule has 1 N–H and O–H groups in total. The number of carbonyl (C=O) groups excluding carboxylic acids is 1. The molecule has 0 aromatic heterocycles. The number of alkyl halides is 1. The second kappa shape index (κ2) is 6.80. The van der Waals surface area contributed by atoms with Crippen LogP contribution in [-0.4, -0.2) is 31.0 Å². The van der Waals surface area contributed by atoms with Crippen molar-refractivity contribution in [2.24, 2.45) is 0 Å². The molecular formula is C14H20BrNO3. The number of amides is 1. The molecule has 19 heavy (non-hydrogen) atoms. The molecule has 1 amide bonds. The Kier molecular flexibility index (Phi) is 5.66. The van der Waals surface area contributed by atoms with E-state index in [9.17, 15) is 4.79 Å². The standard InChI is InChI=1S/C14H20BrNO3/c1-14(2,7-8-15)16-13(17)11-6-5-10(18-3)9-12(11)19-4/h5-6,9H,7-8H2,1-4H3,(H,16,17). The van der Waals surface area contributed by atoms with E-state index < -0.39 is 0 Å². The highest BCUT2D eigenvalue weighted by Crippen LogP contribution is 2.25. The fourth-order valence-electron chi connectivity index (χ4n) is 1.66. The molecule has 0 bridgehead atoms. The van der Waals surface area contributed by atoms with Gasteiger partial charge < -0.3 is 14.8 Å². The minimum absolute atomic E-state index is 0.148. The number of ether oxygens (including phenoxy) is 2. The summed E-state index contributed by atoms with van der Waals surface area (Å²) >= 11 is 3.39. The summed E-state index contributed by atoms with van der Waals surface area (Å²) in [7, 11) is 3.11. The lowest BCUT2D eigenvalue weighted by atomic mass is 10.0. The summed E-state index contributed by atoms with van der Waals surface area (Å²) in [5.41, 5.74) is 0.233. The van der Waals surface area contributed by atoms with Gasteiger partial charge >= 0.3 is 0 Å². The molecule has 0 aliphatic carbocycles. The van der Waals surface area contributed by atoms with Gasteiger partial charge in [-0.1, -0.05) is 15.9 Å². The minimum Gasteiger partial charge on any atom is -0.497 e. The van der Waals surface area contributed by atoms with Crippen molar-refractivity contribution < 1.29 is 14.3 Å². The van der Waals surface area contributed by atoms with Crippen molar-refractivity contribution in [1.29, 1.82) is 0 Å². The molecule has 0 spiro atoms. The smallest absolute Gasteiger partial charge is 0.255 e. The van der Waals surface area contributed by atoms with E-state index in [4.69, 9.17) is 9.47 Å². The van der Waals surface area contributed by atoms with Crippen molar-refractivity contribution in [3.63, 3.8) is 0 Å². The predicted molar refractivity (Wildman–Crippen MR) is 79.5 cm³/mol. The highest BCUT2D eigenvalue weighted by atomic mass is 79.9. The molecule has 5 heteroatoms. The molecule has 1 rings (SSSR count). The van der Waals surface area contributed by atoms with Gasteiger partial charge in [-0.3, -0.25) is 4.79 Å². The van der Waals surface area contributed by atoms with Crippen molar-refractivity contribution >= 4 is 21.8 Å². The molecule has 0 aliphatic rings. The molecule has 1 aromatic carbocycles. The molecular weight excluding hydrogens is 310 g/mol. The van der Waals surface area contributed by atoms with E-state index in [0.717, 1.165) is 11.8 Å². The maximum Gasteiger partial charge on any atom is 0.255 e. The maximum absolute atomic E-state index is 12.3. The van der Waals surface area contributed by atoms with Crippen molar-refractivity contribution in [2.45, 2.75) is 25.8 Å². The molecule has 0 aliphatic heterocycles. The van der Waals surface area contributed by atoms with Crippen LogP contribution in [0.3, 0.4) is 0 Å². The molecule has 0 saturated heterocycles. The number of hydrogen-bond acceptors (Lipinski definition) is 3. The fourth-order valence-corrected chi connectivity index (χ4v) is 2.65. The average Bonchev–Trinajstić information content (AvgIpc) is 2.37. The van der Waals surface area contributed by atoms with Crippen LogP contribution in [0.1, 0.15) is 30.6 Å². The topological polar surface area (TPSA) is 47.6 Å². The number of methoxy groups -OCH3 is 2. The van der Waals surface area contributed by atoms with Crippen molar-refractivity contribution in [3.05, 3.63) is 23.8 Å². The van der Waals surface area contributed by atoms with Crippen molar-refractivity contribution in [1.82, 2.24) is 5.32 Å². The fraction of sp³-hybridized carbons (Fsp3) is 0.500. The zero-order valence-corrected chi connectivity index (χ0v) is 13.3. The molecule has 1 aromatic rings. The Morgan fingerprint density at radius 1 is 1.32 bits per heavy atom. The predicted octanol–water partition coefficient (Wildman–Crippen LogP) is 3.00. The van der Waals surface area contributed by atoms with Gasteiger partial charge in [-0.05, 0) is 32.4 Å². The molecule has 0 unspecified atom stereocenters. The van der Waals surface area contributed by atoms with E-state index >= 15 is 0 Å². The van der Waals surface area contributed by atoms with Crippen molar-refractivity contribution in [2.75, 3.05) is 19.5 Å². The van der Waals surface area contributed by atoms with Gasteiger partial charge in [0.05, 0.1) is 19.8 Å². The van der Waals surface area contributed by atoms with Gasteiger partial charge in [-0.2, -0.15) is 0 Å². The van der Waals surface area contributed by atoms with Crippen LogP contribution in [0.25, 0.3) is 0 Å². The Morgan fingerprint density at radius 3 is 2.53 bits per heavy atom. The molecule has 106 valence electrons. The molecule has 4 nitrogen and oxygen atoms in total. The lowest BCUT2D eigenvalue weighted by Crippen LogP contribution is -2.43. The minimum atomic E-state index is -0.272. The first-order valence-electron chi connectivity index (χ1n) is 6.04. The third kappa shape index (κ3) is 4.42. The summed E-state index contributed by atoms with van der Waals surface area (Å²) < 4.78 is 10.3. The van der Waals surface area contributed by atoms with Crippen molar-refractivity contribution in [3.8, 4) is 11.5 Å².